The van der Waals surface area contributed by atoms with Gasteiger partial charge in [-0.15, -0.1) is 0 Å². The van der Waals surface area contributed by atoms with Crippen LogP contribution in [0, 0.1) is 11.2 Å². The van der Waals surface area contributed by atoms with E-state index in [-0.39, 0.29) is 10.0 Å². The Labute approximate surface area is 128 Å². The molecule has 0 fully saturated rings. The van der Waals surface area contributed by atoms with Gasteiger partial charge in [-0.1, -0.05) is 43.1 Å². The highest BCUT2D eigenvalue weighted by molar-refractivity contribution is 6.42. The lowest BCUT2D eigenvalue weighted by Gasteiger charge is -2.27. The van der Waals surface area contributed by atoms with E-state index in [4.69, 9.17) is 23.2 Å². The number of carbonyl (C=O) groups is 1. The normalized spacial score (nSPS) is 11.7. The van der Waals surface area contributed by atoms with Crippen molar-refractivity contribution in [3.63, 3.8) is 0 Å². The Morgan fingerprint density at radius 1 is 1.30 bits per heavy atom. The molecule has 112 valence electrons. The number of carboxylic acids is 1. The predicted octanol–water partition coefficient (Wildman–Crippen LogP) is 4.11. The predicted molar refractivity (Wildman–Crippen MR) is 78.8 cm³/mol. The molecule has 0 aliphatic heterocycles. The Bertz CT molecular complexity index is 490. The third-order valence-corrected chi connectivity index (χ3v) is 4.60. The Morgan fingerprint density at radius 2 is 1.90 bits per heavy atom. The Balaban J connectivity index is 2.73. The van der Waals surface area contributed by atoms with Gasteiger partial charge >= 0.3 is 5.97 Å². The van der Waals surface area contributed by atoms with Crippen LogP contribution in [0.15, 0.2) is 12.1 Å². The molecule has 20 heavy (non-hydrogen) atoms. The lowest BCUT2D eigenvalue weighted by Crippen LogP contribution is -2.40. The van der Waals surface area contributed by atoms with Gasteiger partial charge in [-0.25, -0.2) is 4.39 Å². The van der Waals surface area contributed by atoms with Gasteiger partial charge in [0.25, 0.3) is 0 Å². The molecule has 0 unspecified atom stereocenters. The number of rotatable bonds is 7. The van der Waals surface area contributed by atoms with E-state index in [0.29, 0.717) is 31.5 Å². The Hall–Kier alpha value is -0.840. The summed E-state index contributed by atoms with van der Waals surface area (Å²) in [5, 5.41) is 12.4. The Kier molecular flexibility index (Phi) is 6.24. The van der Waals surface area contributed by atoms with Crippen LogP contribution in [-0.2, 0) is 11.3 Å². The summed E-state index contributed by atoms with van der Waals surface area (Å²) in [5.74, 6) is -1.39. The lowest BCUT2D eigenvalue weighted by atomic mass is 9.82. The van der Waals surface area contributed by atoms with E-state index in [1.54, 1.807) is 0 Å². The van der Waals surface area contributed by atoms with Crippen molar-refractivity contribution in [1.29, 1.82) is 0 Å². The summed E-state index contributed by atoms with van der Waals surface area (Å²) in [6.45, 7) is 4.36. The second-order valence-electron chi connectivity index (χ2n) is 4.73. The van der Waals surface area contributed by atoms with Crippen LogP contribution in [0.4, 0.5) is 4.39 Å². The third-order valence-electron chi connectivity index (χ3n) is 3.70. The van der Waals surface area contributed by atoms with Gasteiger partial charge < -0.3 is 10.4 Å². The fourth-order valence-electron chi connectivity index (χ4n) is 2.02. The second kappa shape index (κ2) is 7.25. The van der Waals surface area contributed by atoms with Crippen LogP contribution in [0.5, 0.6) is 0 Å². The van der Waals surface area contributed by atoms with E-state index in [1.165, 1.54) is 12.1 Å². The number of hydrogen-bond acceptors (Lipinski definition) is 2. The van der Waals surface area contributed by atoms with Gasteiger partial charge in [0.05, 0.1) is 15.5 Å². The minimum absolute atomic E-state index is 0.110. The first kappa shape index (κ1) is 17.2. The van der Waals surface area contributed by atoms with Gasteiger partial charge in [0.15, 0.2) is 0 Å². The molecule has 0 saturated heterocycles. The molecule has 0 amide bonds. The maximum absolute atomic E-state index is 13.2. The quantitative estimate of drug-likeness (QED) is 0.743. The molecule has 1 aromatic carbocycles. The number of benzene rings is 1. The van der Waals surface area contributed by atoms with Gasteiger partial charge in [0, 0.05) is 13.1 Å². The molecule has 0 saturated carbocycles. The molecule has 6 heteroatoms. The largest absolute Gasteiger partial charge is 0.481 e. The number of carboxylic acid groups (broad SMARTS) is 1. The highest BCUT2D eigenvalue weighted by Gasteiger charge is 2.34. The molecule has 3 nitrogen and oxygen atoms in total. The van der Waals surface area contributed by atoms with Crippen LogP contribution < -0.4 is 5.32 Å². The molecule has 0 radical (unpaired) electrons. The maximum atomic E-state index is 13.2. The average Bonchev–Trinajstić information content (AvgIpc) is 2.43. The van der Waals surface area contributed by atoms with Crippen LogP contribution in [0.1, 0.15) is 32.3 Å². The maximum Gasteiger partial charge on any atom is 0.310 e. The highest BCUT2D eigenvalue weighted by Crippen LogP contribution is 2.29. The molecular weight excluding hydrogens is 304 g/mol. The summed E-state index contributed by atoms with van der Waals surface area (Å²) in [4.78, 5) is 11.4. The van der Waals surface area contributed by atoms with Crippen molar-refractivity contribution in [3.8, 4) is 0 Å². The lowest BCUT2D eigenvalue weighted by molar-refractivity contribution is -0.149. The highest BCUT2D eigenvalue weighted by atomic mass is 35.5. The van der Waals surface area contributed by atoms with Crippen LogP contribution >= 0.6 is 23.2 Å². The summed E-state index contributed by atoms with van der Waals surface area (Å²) < 4.78 is 13.2. The number of aliphatic carboxylic acids is 1. The van der Waals surface area contributed by atoms with E-state index in [2.05, 4.69) is 5.32 Å². The van der Waals surface area contributed by atoms with Crippen molar-refractivity contribution in [2.75, 3.05) is 6.54 Å². The zero-order valence-corrected chi connectivity index (χ0v) is 13.0. The van der Waals surface area contributed by atoms with Crippen LogP contribution in [0.25, 0.3) is 0 Å². The number of halogens is 3. The van der Waals surface area contributed by atoms with Crippen LogP contribution in [-0.4, -0.2) is 17.6 Å². The SMILES string of the molecule is CCC(CC)(CNCc1ccc(F)c(Cl)c1Cl)C(=O)O. The number of hydrogen-bond donors (Lipinski definition) is 2. The summed E-state index contributed by atoms with van der Waals surface area (Å²) in [6, 6.07) is 2.78. The molecule has 0 aliphatic carbocycles. The summed E-state index contributed by atoms with van der Waals surface area (Å²) in [7, 11) is 0. The molecule has 0 bridgehead atoms. The van der Waals surface area contributed by atoms with Crippen molar-refractivity contribution >= 4 is 29.2 Å². The minimum atomic E-state index is -0.821. The topological polar surface area (TPSA) is 49.3 Å². The summed E-state index contributed by atoms with van der Waals surface area (Å²) in [5.41, 5.74) is -0.152. The first-order valence-corrected chi connectivity index (χ1v) is 7.20. The van der Waals surface area contributed by atoms with Crippen LogP contribution in [0.3, 0.4) is 0 Å². The monoisotopic (exact) mass is 321 g/mol. The van der Waals surface area contributed by atoms with Crippen molar-refractivity contribution in [3.05, 3.63) is 33.6 Å². The average molecular weight is 322 g/mol. The molecule has 0 spiro atoms. The fourth-order valence-corrected chi connectivity index (χ4v) is 2.42. The van der Waals surface area contributed by atoms with Gasteiger partial charge in [0.1, 0.15) is 5.82 Å². The molecule has 0 atom stereocenters. The first-order valence-electron chi connectivity index (χ1n) is 6.44. The first-order chi connectivity index (χ1) is 9.38. The van der Waals surface area contributed by atoms with E-state index in [1.807, 2.05) is 13.8 Å². The van der Waals surface area contributed by atoms with Gasteiger partial charge in [-0.05, 0) is 24.5 Å². The van der Waals surface area contributed by atoms with E-state index in [9.17, 15) is 14.3 Å². The molecule has 2 N–H and O–H groups in total. The molecule has 1 rings (SSSR count). The smallest absolute Gasteiger partial charge is 0.310 e. The molecule has 0 aliphatic rings. The molecule has 0 heterocycles. The van der Waals surface area contributed by atoms with Gasteiger partial charge in [0.2, 0.25) is 0 Å². The molecule has 0 aromatic heterocycles. The molecular formula is C14H18Cl2FNO2. The zero-order valence-electron chi connectivity index (χ0n) is 11.5. The zero-order chi connectivity index (χ0) is 15.3. The fraction of sp³-hybridized carbons (Fsp3) is 0.500. The second-order valence-corrected chi connectivity index (χ2v) is 5.49. The molecule has 1 aromatic rings. The van der Waals surface area contributed by atoms with Crippen molar-refractivity contribution in [2.24, 2.45) is 5.41 Å². The van der Waals surface area contributed by atoms with Crippen molar-refractivity contribution in [1.82, 2.24) is 5.32 Å². The summed E-state index contributed by atoms with van der Waals surface area (Å²) >= 11 is 11.7. The summed E-state index contributed by atoms with van der Waals surface area (Å²) in [6.07, 6.45) is 1.06. The van der Waals surface area contributed by atoms with Crippen molar-refractivity contribution < 1.29 is 14.3 Å². The van der Waals surface area contributed by atoms with Crippen LogP contribution in [0.2, 0.25) is 10.0 Å². The Morgan fingerprint density at radius 3 is 2.40 bits per heavy atom. The third kappa shape index (κ3) is 3.62. The van der Waals surface area contributed by atoms with E-state index in [0.717, 1.165) is 0 Å². The standard InChI is InChI=1S/C14H18Cl2FNO2/c1-3-14(4-2,13(19)20)8-18-7-9-5-6-10(17)12(16)11(9)15/h5-6,18H,3-4,7-8H2,1-2H3,(H,19,20). The van der Waals surface area contributed by atoms with Gasteiger partial charge in [-0.3, -0.25) is 4.79 Å². The number of nitrogens with one attached hydrogen (secondary N) is 1. The van der Waals surface area contributed by atoms with Crippen molar-refractivity contribution in [2.45, 2.75) is 33.2 Å². The van der Waals surface area contributed by atoms with Gasteiger partial charge in [-0.2, -0.15) is 0 Å². The van der Waals surface area contributed by atoms with E-state index < -0.39 is 17.2 Å². The minimum Gasteiger partial charge on any atom is -0.481 e. The van der Waals surface area contributed by atoms with E-state index >= 15 is 0 Å².